The summed E-state index contributed by atoms with van der Waals surface area (Å²) >= 11 is 0. The van der Waals surface area contributed by atoms with E-state index in [4.69, 9.17) is 0 Å². The normalized spacial score (nSPS) is 11.6. The van der Waals surface area contributed by atoms with Crippen LogP contribution in [0.25, 0.3) is 77.2 Å². The molecule has 2 heterocycles. The summed E-state index contributed by atoms with van der Waals surface area (Å²) in [6.45, 7) is 0. The third-order valence-electron chi connectivity index (χ3n) is 8.93. The monoisotopic (exact) mass is 560 g/mol. The Kier molecular flexibility index (Phi) is 5.54. The molecule has 2 heteroatoms. The van der Waals surface area contributed by atoms with Crippen molar-refractivity contribution in [3.8, 4) is 33.6 Å². The van der Waals surface area contributed by atoms with Crippen molar-refractivity contribution >= 4 is 43.6 Å². The van der Waals surface area contributed by atoms with Gasteiger partial charge in [-0.15, -0.1) is 0 Å². The highest BCUT2D eigenvalue weighted by atomic mass is 15.0. The lowest BCUT2D eigenvalue weighted by molar-refractivity contribution is 1.18. The fourth-order valence-corrected chi connectivity index (χ4v) is 7.04. The Labute approximate surface area is 255 Å². The topological polar surface area (TPSA) is 9.86 Å². The van der Waals surface area contributed by atoms with Crippen LogP contribution < -0.4 is 0 Å². The molecule has 0 aliphatic heterocycles. The van der Waals surface area contributed by atoms with E-state index in [9.17, 15) is 0 Å². The summed E-state index contributed by atoms with van der Waals surface area (Å²) in [6, 6.07) is 61.4. The lowest BCUT2D eigenvalue weighted by Gasteiger charge is -2.17. The lowest BCUT2D eigenvalue weighted by atomic mass is 9.96. The molecule has 0 radical (unpaired) electrons. The van der Waals surface area contributed by atoms with Crippen molar-refractivity contribution in [1.29, 1.82) is 0 Å². The van der Waals surface area contributed by atoms with Gasteiger partial charge in [0.1, 0.15) is 0 Å². The minimum atomic E-state index is 1.18. The summed E-state index contributed by atoms with van der Waals surface area (Å²) in [5.41, 5.74) is 12.0. The zero-order valence-corrected chi connectivity index (χ0v) is 24.1. The van der Waals surface area contributed by atoms with Crippen molar-refractivity contribution < 1.29 is 0 Å². The van der Waals surface area contributed by atoms with Crippen molar-refractivity contribution in [3.05, 3.63) is 170 Å². The van der Waals surface area contributed by atoms with Crippen molar-refractivity contribution in [2.45, 2.75) is 0 Å². The summed E-state index contributed by atoms with van der Waals surface area (Å²) in [5.74, 6) is 0. The zero-order chi connectivity index (χ0) is 29.0. The first-order valence-electron chi connectivity index (χ1n) is 15.1. The molecule has 2 nitrogen and oxygen atoms in total. The molecule has 2 aromatic heterocycles. The second kappa shape index (κ2) is 9.86. The zero-order valence-electron chi connectivity index (χ0n) is 24.1. The van der Waals surface area contributed by atoms with Crippen LogP contribution in [-0.4, -0.2) is 9.13 Å². The van der Waals surface area contributed by atoms with Gasteiger partial charge in [-0.1, -0.05) is 127 Å². The van der Waals surface area contributed by atoms with Gasteiger partial charge in [-0.2, -0.15) is 0 Å². The molecule has 9 rings (SSSR count). The first-order valence-corrected chi connectivity index (χ1v) is 15.1. The second-order valence-corrected chi connectivity index (χ2v) is 11.4. The molecule has 44 heavy (non-hydrogen) atoms. The fourth-order valence-electron chi connectivity index (χ4n) is 7.04. The molecule has 0 amide bonds. The first kappa shape index (κ1) is 24.7. The van der Waals surface area contributed by atoms with Crippen LogP contribution in [-0.2, 0) is 0 Å². The van der Waals surface area contributed by atoms with Crippen LogP contribution in [0.1, 0.15) is 0 Å². The second-order valence-electron chi connectivity index (χ2n) is 11.4. The smallest absolute Gasteiger partial charge is 0.0541 e. The van der Waals surface area contributed by atoms with Gasteiger partial charge in [0.15, 0.2) is 0 Å². The SMILES string of the molecule is c1cc(-c2ccccc2-n2c3ccccc3c3ccccc32)cc(-c2ccccc2-n2c3ccccc3c3ccccc32)c1. The molecule has 0 atom stereocenters. The van der Waals surface area contributed by atoms with E-state index in [2.05, 4.69) is 179 Å². The third kappa shape index (κ3) is 3.68. The van der Waals surface area contributed by atoms with Crippen LogP contribution in [0.2, 0.25) is 0 Å². The van der Waals surface area contributed by atoms with Gasteiger partial charge in [-0.05, 0) is 53.6 Å². The van der Waals surface area contributed by atoms with Crippen molar-refractivity contribution in [3.63, 3.8) is 0 Å². The minimum absolute atomic E-state index is 1.18. The molecule has 7 aromatic carbocycles. The van der Waals surface area contributed by atoms with E-state index in [-0.39, 0.29) is 0 Å². The van der Waals surface area contributed by atoms with E-state index < -0.39 is 0 Å². The van der Waals surface area contributed by atoms with Crippen LogP contribution in [0.15, 0.2) is 170 Å². The Hall–Kier alpha value is -5.86. The standard InChI is InChI=1S/C42H28N2/c1-7-22-37(43-39-24-9-3-18-33(39)34-19-4-10-25-40(34)43)31(16-1)29-14-13-15-30(28-29)32-17-2-8-23-38(32)44-41-26-11-5-20-35(41)36-21-6-12-27-42(36)44/h1-28H. The average molecular weight is 561 g/mol. The van der Waals surface area contributed by atoms with E-state index in [1.807, 2.05) is 0 Å². The number of fused-ring (bicyclic) bond motifs is 6. The van der Waals surface area contributed by atoms with Crippen molar-refractivity contribution in [2.24, 2.45) is 0 Å². The molecule has 0 saturated heterocycles. The molecule has 0 N–H and O–H groups in total. The number of aromatic nitrogens is 2. The molecular weight excluding hydrogens is 532 g/mol. The number of nitrogens with zero attached hydrogens (tertiary/aromatic N) is 2. The predicted octanol–water partition coefficient (Wildman–Crippen LogP) is 11.2. The van der Waals surface area contributed by atoms with Gasteiger partial charge in [0, 0.05) is 32.7 Å². The van der Waals surface area contributed by atoms with Crippen molar-refractivity contribution in [1.82, 2.24) is 9.13 Å². The number of benzene rings is 7. The molecule has 0 spiro atoms. The van der Waals surface area contributed by atoms with Crippen LogP contribution >= 0.6 is 0 Å². The Morgan fingerprint density at radius 3 is 0.977 bits per heavy atom. The largest absolute Gasteiger partial charge is 0.309 e. The van der Waals surface area contributed by atoms with Gasteiger partial charge < -0.3 is 9.13 Å². The molecule has 0 saturated carbocycles. The van der Waals surface area contributed by atoms with Crippen LogP contribution in [0.4, 0.5) is 0 Å². The van der Waals surface area contributed by atoms with Crippen LogP contribution in [0, 0.1) is 0 Å². The van der Waals surface area contributed by atoms with Gasteiger partial charge >= 0.3 is 0 Å². The number of hydrogen-bond acceptors (Lipinski definition) is 0. The molecule has 0 unspecified atom stereocenters. The van der Waals surface area contributed by atoms with Crippen molar-refractivity contribution in [2.75, 3.05) is 0 Å². The summed E-state index contributed by atoms with van der Waals surface area (Å²) in [5, 5.41) is 5.08. The lowest BCUT2D eigenvalue weighted by Crippen LogP contribution is -1.98. The molecule has 0 aliphatic carbocycles. The Morgan fingerprint density at radius 2 is 0.591 bits per heavy atom. The maximum atomic E-state index is 2.42. The van der Waals surface area contributed by atoms with Gasteiger partial charge in [0.2, 0.25) is 0 Å². The molecule has 0 bridgehead atoms. The Balaban J connectivity index is 1.26. The highest BCUT2D eigenvalue weighted by Gasteiger charge is 2.17. The molecular formula is C42H28N2. The number of para-hydroxylation sites is 6. The maximum Gasteiger partial charge on any atom is 0.0541 e. The maximum absolute atomic E-state index is 2.42. The van der Waals surface area contributed by atoms with E-state index in [0.29, 0.717) is 0 Å². The van der Waals surface area contributed by atoms with Gasteiger partial charge in [-0.3, -0.25) is 0 Å². The average Bonchev–Trinajstić information content (AvgIpc) is 3.61. The number of hydrogen-bond donors (Lipinski definition) is 0. The molecule has 9 aromatic rings. The molecule has 206 valence electrons. The van der Waals surface area contributed by atoms with E-state index in [1.54, 1.807) is 0 Å². The summed E-state index contributed by atoms with van der Waals surface area (Å²) in [6.07, 6.45) is 0. The molecule has 0 fully saturated rings. The van der Waals surface area contributed by atoms with E-state index in [0.717, 1.165) is 0 Å². The summed E-state index contributed by atoms with van der Waals surface area (Å²) < 4.78 is 4.83. The Bertz CT molecular complexity index is 2230. The Morgan fingerprint density at radius 1 is 0.273 bits per heavy atom. The minimum Gasteiger partial charge on any atom is -0.309 e. The van der Waals surface area contributed by atoms with E-state index >= 15 is 0 Å². The van der Waals surface area contributed by atoms with Crippen LogP contribution in [0.5, 0.6) is 0 Å². The summed E-state index contributed by atoms with van der Waals surface area (Å²) in [7, 11) is 0. The summed E-state index contributed by atoms with van der Waals surface area (Å²) in [4.78, 5) is 0. The van der Waals surface area contributed by atoms with Gasteiger partial charge in [0.05, 0.1) is 33.4 Å². The number of rotatable bonds is 4. The van der Waals surface area contributed by atoms with Crippen LogP contribution in [0.3, 0.4) is 0 Å². The first-order chi connectivity index (χ1) is 21.9. The van der Waals surface area contributed by atoms with Gasteiger partial charge in [0.25, 0.3) is 0 Å². The van der Waals surface area contributed by atoms with E-state index in [1.165, 1.54) is 77.2 Å². The van der Waals surface area contributed by atoms with Gasteiger partial charge in [-0.25, -0.2) is 0 Å². The quantitative estimate of drug-likeness (QED) is 0.203. The molecule has 0 aliphatic rings. The fraction of sp³-hybridized carbons (Fsp3) is 0. The highest BCUT2D eigenvalue weighted by Crippen LogP contribution is 2.39. The predicted molar refractivity (Wildman–Crippen MR) is 186 cm³/mol. The third-order valence-corrected chi connectivity index (χ3v) is 8.93. The highest BCUT2D eigenvalue weighted by molar-refractivity contribution is 6.11.